The quantitative estimate of drug-likeness (QED) is 0.732. The molecule has 0 aliphatic carbocycles. The lowest BCUT2D eigenvalue weighted by Gasteiger charge is -2.32. The summed E-state index contributed by atoms with van der Waals surface area (Å²) in [5, 5.41) is 9.06. The second-order valence-electron chi connectivity index (χ2n) is 4.46. The molecule has 1 aliphatic rings. The minimum Gasteiger partial charge on any atom is -0.396 e. The summed E-state index contributed by atoms with van der Waals surface area (Å²) < 4.78 is 0. The van der Waals surface area contributed by atoms with Crippen molar-refractivity contribution in [2.24, 2.45) is 11.8 Å². The molecule has 0 aromatic carbocycles. The second kappa shape index (κ2) is 5.47. The number of piperidine rings is 1. The zero-order chi connectivity index (χ0) is 10.6. The lowest BCUT2D eigenvalue weighted by molar-refractivity contribution is -0.120. The third kappa shape index (κ3) is 3.39. The van der Waals surface area contributed by atoms with E-state index in [-0.39, 0.29) is 18.3 Å². The predicted octanol–water partition coefficient (Wildman–Crippen LogP) is 0.916. The van der Waals surface area contributed by atoms with Gasteiger partial charge in [0.2, 0.25) is 0 Å². The maximum atomic E-state index is 11.1. The van der Waals surface area contributed by atoms with E-state index < -0.39 is 0 Å². The number of nitrogens with zero attached hydrogens (tertiary/aromatic N) is 1. The second-order valence-corrected chi connectivity index (χ2v) is 4.46. The Morgan fingerprint density at radius 2 is 2.36 bits per heavy atom. The average Bonchev–Trinajstić information content (AvgIpc) is 2.18. The summed E-state index contributed by atoms with van der Waals surface area (Å²) in [5.74, 6) is 0.812. The van der Waals surface area contributed by atoms with Gasteiger partial charge < -0.3 is 10.0 Å². The monoisotopic (exact) mass is 199 g/mol. The number of aliphatic hydroxyl groups excluding tert-OH is 1. The molecule has 82 valence electrons. The van der Waals surface area contributed by atoms with Crippen LogP contribution >= 0.6 is 0 Å². The fourth-order valence-electron chi connectivity index (χ4n) is 1.98. The van der Waals surface area contributed by atoms with Crippen molar-refractivity contribution in [2.45, 2.75) is 26.7 Å². The molecule has 3 nitrogen and oxygen atoms in total. The van der Waals surface area contributed by atoms with E-state index in [4.69, 9.17) is 5.11 Å². The van der Waals surface area contributed by atoms with Crippen LogP contribution in [0, 0.1) is 11.8 Å². The lowest BCUT2D eigenvalue weighted by Crippen LogP contribution is -2.40. The first-order chi connectivity index (χ1) is 6.63. The minimum atomic E-state index is 0.132. The van der Waals surface area contributed by atoms with Gasteiger partial charge in [0.05, 0.1) is 0 Å². The van der Waals surface area contributed by atoms with E-state index in [9.17, 15) is 4.79 Å². The highest BCUT2D eigenvalue weighted by Crippen LogP contribution is 2.16. The van der Waals surface area contributed by atoms with Gasteiger partial charge in [-0.25, -0.2) is 0 Å². The van der Waals surface area contributed by atoms with Gasteiger partial charge in [0.15, 0.2) is 0 Å². The van der Waals surface area contributed by atoms with Crippen molar-refractivity contribution in [3.63, 3.8) is 0 Å². The van der Waals surface area contributed by atoms with Crippen LogP contribution in [0.5, 0.6) is 0 Å². The molecule has 0 aromatic heterocycles. The Hall–Kier alpha value is -0.410. The van der Waals surface area contributed by atoms with Crippen molar-refractivity contribution >= 4 is 5.78 Å². The highest BCUT2D eigenvalue weighted by Gasteiger charge is 2.21. The normalized spacial score (nSPS) is 26.1. The van der Waals surface area contributed by atoms with Crippen LogP contribution in [0.15, 0.2) is 0 Å². The van der Waals surface area contributed by atoms with Gasteiger partial charge >= 0.3 is 0 Å². The molecule has 1 saturated heterocycles. The summed E-state index contributed by atoms with van der Waals surface area (Å²) in [6, 6.07) is 0. The van der Waals surface area contributed by atoms with Crippen molar-refractivity contribution in [2.75, 3.05) is 26.2 Å². The first-order valence-electron chi connectivity index (χ1n) is 5.47. The molecule has 0 spiro atoms. The molecule has 14 heavy (non-hydrogen) atoms. The Balaban J connectivity index is 2.33. The zero-order valence-electron chi connectivity index (χ0n) is 9.20. The fourth-order valence-corrected chi connectivity index (χ4v) is 1.98. The topological polar surface area (TPSA) is 40.5 Å². The van der Waals surface area contributed by atoms with Gasteiger partial charge in [-0.2, -0.15) is 0 Å². The highest BCUT2D eigenvalue weighted by molar-refractivity contribution is 5.78. The largest absolute Gasteiger partial charge is 0.396 e. The van der Waals surface area contributed by atoms with Crippen molar-refractivity contribution in [3.05, 3.63) is 0 Å². The van der Waals surface area contributed by atoms with Gasteiger partial charge in [-0.3, -0.25) is 4.79 Å². The van der Waals surface area contributed by atoms with Crippen LogP contribution in [0.2, 0.25) is 0 Å². The smallest absolute Gasteiger partial charge is 0.133 e. The number of rotatable bonds is 4. The molecule has 1 aliphatic heterocycles. The van der Waals surface area contributed by atoms with E-state index in [1.165, 1.54) is 0 Å². The van der Waals surface area contributed by atoms with Crippen LogP contribution in [-0.2, 0) is 4.79 Å². The molecule has 0 aromatic rings. The highest BCUT2D eigenvalue weighted by atomic mass is 16.3. The number of Topliss-reactive ketones (excluding diaryl/α,β-unsaturated/α-hetero) is 1. The molecule has 0 radical (unpaired) electrons. The van der Waals surface area contributed by atoms with Crippen molar-refractivity contribution < 1.29 is 9.90 Å². The third-order valence-electron chi connectivity index (χ3n) is 3.09. The number of ketones is 1. The summed E-state index contributed by atoms with van der Waals surface area (Å²) >= 11 is 0. The van der Waals surface area contributed by atoms with Gasteiger partial charge in [-0.05, 0) is 32.2 Å². The van der Waals surface area contributed by atoms with Crippen molar-refractivity contribution in [1.29, 1.82) is 0 Å². The van der Waals surface area contributed by atoms with Gasteiger partial charge in [0.1, 0.15) is 5.78 Å². The number of hydrogen-bond acceptors (Lipinski definition) is 3. The van der Waals surface area contributed by atoms with Gasteiger partial charge in [0.25, 0.3) is 0 Å². The van der Waals surface area contributed by atoms with Gasteiger partial charge in [-0.15, -0.1) is 0 Å². The van der Waals surface area contributed by atoms with Crippen LogP contribution in [0.4, 0.5) is 0 Å². The molecule has 1 fully saturated rings. The Morgan fingerprint density at radius 3 is 2.93 bits per heavy atom. The van der Waals surface area contributed by atoms with E-state index >= 15 is 0 Å². The van der Waals surface area contributed by atoms with E-state index in [0.29, 0.717) is 5.92 Å². The average molecular weight is 199 g/mol. The lowest BCUT2D eigenvalue weighted by atomic mass is 9.97. The first-order valence-corrected chi connectivity index (χ1v) is 5.47. The van der Waals surface area contributed by atoms with Crippen LogP contribution in [0.25, 0.3) is 0 Å². The summed E-state index contributed by atoms with van der Waals surface area (Å²) in [5.41, 5.74) is 0. The maximum absolute atomic E-state index is 11.1. The van der Waals surface area contributed by atoms with Crippen LogP contribution < -0.4 is 0 Å². The van der Waals surface area contributed by atoms with Crippen LogP contribution in [0.3, 0.4) is 0 Å². The standard InChI is InChI=1S/C11H21NO2/c1-9(10(2)14)6-12-5-3-4-11(7-12)8-13/h9,11,13H,3-8H2,1-2H3/t9-,11?/m0/s1. The Labute approximate surface area is 86.1 Å². The molecule has 1 rings (SSSR count). The Bertz CT molecular complexity index is 194. The van der Waals surface area contributed by atoms with Crippen LogP contribution in [0.1, 0.15) is 26.7 Å². The number of hydrogen-bond donors (Lipinski definition) is 1. The first kappa shape index (κ1) is 11.7. The van der Waals surface area contributed by atoms with Crippen molar-refractivity contribution in [3.8, 4) is 0 Å². The molecular formula is C11H21NO2. The molecule has 1 N–H and O–H groups in total. The number of likely N-dealkylation sites (tertiary alicyclic amines) is 1. The fraction of sp³-hybridized carbons (Fsp3) is 0.909. The molecule has 2 atom stereocenters. The van der Waals surface area contributed by atoms with E-state index in [2.05, 4.69) is 4.90 Å². The summed E-state index contributed by atoms with van der Waals surface area (Å²) in [6.45, 7) is 6.79. The van der Waals surface area contributed by atoms with Gasteiger partial charge in [0, 0.05) is 25.6 Å². The Morgan fingerprint density at radius 1 is 1.64 bits per heavy atom. The number of carbonyl (C=O) groups is 1. The SMILES string of the molecule is CC(=O)[C@@H](C)CN1CCCC(CO)C1. The van der Waals surface area contributed by atoms with Crippen molar-refractivity contribution in [1.82, 2.24) is 4.90 Å². The molecular weight excluding hydrogens is 178 g/mol. The predicted molar refractivity (Wildman–Crippen MR) is 56.1 cm³/mol. The van der Waals surface area contributed by atoms with E-state index in [1.807, 2.05) is 6.92 Å². The third-order valence-corrected chi connectivity index (χ3v) is 3.09. The molecule has 3 heteroatoms. The number of carbonyl (C=O) groups excluding carboxylic acids is 1. The minimum absolute atomic E-state index is 0.132. The van der Waals surface area contributed by atoms with Crippen LogP contribution in [-0.4, -0.2) is 42.0 Å². The van der Waals surface area contributed by atoms with E-state index in [1.54, 1.807) is 6.92 Å². The maximum Gasteiger partial charge on any atom is 0.133 e. The molecule has 0 bridgehead atoms. The van der Waals surface area contributed by atoms with E-state index in [0.717, 1.165) is 32.5 Å². The molecule has 0 amide bonds. The summed E-state index contributed by atoms with van der Waals surface area (Å²) in [4.78, 5) is 13.4. The Kier molecular flexibility index (Phi) is 4.55. The summed E-state index contributed by atoms with van der Waals surface area (Å²) in [7, 11) is 0. The summed E-state index contributed by atoms with van der Waals surface area (Å²) in [6.07, 6.45) is 2.28. The zero-order valence-corrected chi connectivity index (χ0v) is 9.20. The number of aliphatic hydroxyl groups is 1. The molecule has 1 unspecified atom stereocenters. The molecule has 1 heterocycles. The van der Waals surface area contributed by atoms with Gasteiger partial charge in [-0.1, -0.05) is 6.92 Å². The molecule has 0 saturated carbocycles.